The number of nitrogens with two attached hydrogens (primary N) is 1. The van der Waals surface area contributed by atoms with Gasteiger partial charge in [-0.15, -0.1) is 0 Å². The largest absolute Gasteiger partial charge is 0.399 e. The first-order chi connectivity index (χ1) is 8.11. The molecule has 0 atom stereocenters. The summed E-state index contributed by atoms with van der Waals surface area (Å²) in [7, 11) is 0. The summed E-state index contributed by atoms with van der Waals surface area (Å²) in [6.45, 7) is 0.676. The zero-order valence-corrected chi connectivity index (χ0v) is 9.60. The molecule has 3 N–H and O–H groups in total. The molecule has 0 radical (unpaired) electrons. The minimum Gasteiger partial charge on any atom is -0.399 e. The van der Waals surface area contributed by atoms with E-state index >= 15 is 0 Å². The zero-order chi connectivity index (χ0) is 12.0. The van der Waals surface area contributed by atoms with Gasteiger partial charge in [0.2, 0.25) is 0 Å². The molecule has 3 rings (SSSR count). The number of halogens is 2. The van der Waals surface area contributed by atoms with Crippen molar-refractivity contribution >= 4 is 11.4 Å². The monoisotopic (exact) mass is 238 g/mol. The van der Waals surface area contributed by atoms with Crippen molar-refractivity contribution in [1.82, 2.24) is 0 Å². The molecular weight excluding hydrogens is 222 g/mol. The normalized spacial score (nSPS) is 21.3. The van der Waals surface area contributed by atoms with Gasteiger partial charge in [0.05, 0.1) is 0 Å². The van der Waals surface area contributed by atoms with Crippen LogP contribution in [0.4, 0.5) is 20.2 Å². The van der Waals surface area contributed by atoms with Crippen LogP contribution < -0.4 is 11.1 Å². The first kappa shape index (κ1) is 10.8. The minimum absolute atomic E-state index is 0.0360. The lowest BCUT2D eigenvalue weighted by molar-refractivity contribution is 0.463. The molecule has 0 aromatic heterocycles. The van der Waals surface area contributed by atoms with Gasteiger partial charge in [-0.2, -0.15) is 0 Å². The molecule has 2 saturated carbocycles. The summed E-state index contributed by atoms with van der Waals surface area (Å²) >= 11 is 0. The molecule has 0 heterocycles. The second-order valence-corrected chi connectivity index (χ2v) is 5.35. The van der Waals surface area contributed by atoms with Crippen LogP contribution in [0.25, 0.3) is 0 Å². The van der Waals surface area contributed by atoms with E-state index in [9.17, 15) is 8.78 Å². The predicted octanol–water partition coefficient (Wildman–Crippen LogP) is 3.15. The molecule has 92 valence electrons. The second kappa shape index (κ2) is 3.59. The van der Waals surface area contributed by atoms with E-state index in [1.54, 1.807) is 0 Å². The van der Waals surface area contributed by atoms with Crippen molar-refractivity contribution in [2.24, 2.45) is 11.3 Å². The fourth-order valence-corrected chi connectivity index (χ4v) is 2.61. The topological polar surface area (TPSA) is 38.0 Å². The van der Waals surface area contributed by atoms with Crippen LogP contribution in [0, 0.1) is 23.0 Å². The lowest BCUT2D eigenvalue weighted by atomic mass is 10.0. The van der Waals surface area contributed by atoms with Gasteiger partial charge in [-0.1, -0.05) is 0 Å². The predicted molar refractivity (Wildman–Crippen MR) is 63.7 cm³/mol. The van der Waals surface area contributed by atoms with Crippen molar-refractivity contribution in [3.8, 4) is 0 Å². The van der Waals surface area contributed by atoms with Crippen LogP contribution in [-0.4, -0.2) is 6.54 Å². The molecule has 0 saturated heterocycles. The smallest absolute Gasteiger partial charge is 0.151 e. The fourth-order valence-electron chi connectivity index (χ4n) is 2.61. The number of hydrogen-bond donors (Lipinski definition) is 2. The van der Waals surface area contributed by atoms with E-state index in [0.717, 1.165) is 18.1 Å². The highest BCUT2D eigenvalue weighted by Gasteiger charge is 2.53. The highest BCUT2D eigenvalue weighted by molar-refractivity contribution is 5.54. The number of hydrogen-bond acceptors (Lipinski definition) is 2. The number of nitrogen functional groups attached to an aromatic ring is 1. The van der Waals surface area contributed by atoms with E-state index in [0.29, 0.717) is 12.0 Å². The van der Waals surface area contributed by atoms with Crippen molar-refractivity contribution in [3.63, 3.8) is 0 Å². The standard InChI is InChI=1S/C13H16F2N2/c14-10-5-9(16)6-11(15)12(10)17-7-13(3-4-13)8-1-2-8/h5-6,8,17H,1-4,7,16H2. The molecule has 0 amide bonds. The lowest BCUT2D eigenvalue weighted by Crippen LogP contribution is -2.18. The van der Waals surface area contributed by atoms with Crippen LogP contribution in [0.1, 0.15) is 25.7 Å². The zero-order valence-electron chi connectivity index (χ0n) is 9.60. The van der Waals surface area contributed by atoms with Crippen LogP contribution in [0.2, 0.25) is 0 Å². The third-order valence-electron chi connectivity index (χ3n) is 4.02. The molecule has 0 unspecified atom stereocenters. The van der Waals surface area contributed by atoms with Crippen LogP contribution in [-0.2, 0) is 0 Å². The highest BCUT2D eigenvalue weighted by atomic mass is 19.1. The quantitative estimate of drug-likeness (QED) is 0.791. The molecule has 1 aromatic rings. The Hall–Kier alpha value is -1.32. The van der Waals surface area contributed by atoms with Crippen LogP contribution >= 0.6 is 0 Å². The third-order valence-corrected chi connectivity index (χ3v) is 4.02. The summed E-state index contributed by atoms with van der Waals surface area (Å²) in [4.78, 5) is 0. The van der Waals surface area contributed by atoms with Crippen molar-refractivity contribution in [2.75, 3.05) is 17.6 Å². The van der Waals surface area contributed by atoms with Crippen molar-refractivity contribution < 1.29 is 8.78 Å². The molecule has 2 fully saturated rings. The van der Waals surface area contributed by atoms with Gasteiger partial charge in [-0.25, -0.2) is 8.78 Å². The van der Waals surface area contributed by atoms with E-state index in [4.69, 9.17) is 5.73 Å². The van der Waals surface area contributed by atoms with Gasteiger partial charge < -0.3 is 11.1 Å². The summed E-state index contributed by atoms with van der Waals surface area (Å²) in [6, 6.07) is 2.31. The fraction of sp³-hybridized carbons (Fsp3) is 0.538. The molecule has 0 aliphatic heterocycles. The van der Waals surface area contributed by atoms with Gasteiger partial charge in [0, 0.05) is 12.2 Å². The van der Waals surface area contributed by atoms with Gasteiger partial charge in [0.25, 0.3) is 0 Å². The maximum Gasteiger partial charge on any atom is 0.151 e. The summed E-state index contributed by atoms with van der Waals surface area (Å²) in [5.74, 6) is -0.432. The summed E-state index contributed by atoms with van der Waals surface area (Å²) in [5.41, 5.74) is 5.78. The maximum absolute atomic E-state index is 13.5. The van der Waals surface area contributed by atoms with Crippen molar-refractivity contribution in [1.29, 1.82) is 0 Å². The number of anilines is 2. The van der Waals surface area contributed by atoms with Crippen LogP contribution in [0.15, 0.2) is 12.1 Å². The Bertz CT molecular complexity index is 428. The molecule has 2 nitrogen and oxygen atoms in total. The van der Waals surface area contributed by atoms with E-state index in [1.165, 1.54) is 25.7 Å². The summed E-state index contributed by atoms with van der Waals surface area (Å²) in [5, 5.41) is 2.93. The SMILES string of the molecule is Nc1cc(F)c(NCC2(C3CC3)CC2)c(F)c1. The van der Waals surface area contributed by atoms with Crippen molar-refractivity contribution in [2.45, 2.75) is 25.7 Å². The highest BCUT2D eigenvalue weighted by Crippen LogP contribution is 2.61. The van der Waals surface area contributed by atoms with Gasteiger partial charge in [-0.05, 0) is 49.1 Å². The maximum atomic E-state index is 13.5. The van der Waals surface area contributed by atoms with E-state index in [2.05, 4.69) is 5.32 Å². The Kier molecular flexibility index (Phi) is 2.28. The van der Waals surface area contributed by atoms with Crippen LogP contribution in [0.3, 0.4) is 0 Å². The van der Waals surface area contributed by atoms with E-state index in [-0.39, 0.29) is 11.4 Å². The first-order valence-electron chi connectivity index (χ1n) is 6.09. The third kappa shape index (κ3) is 1.96. The van der Waals surface area contributed by atoms with Crippen LogP contribution in [0.5, 0.6) is 0 Å². The minimum atomic E-state index is -0.603. The lowest BCUT2D eigenvalue weighted by Gasteiger charge is -2.17. The molecule has 0 bridgehead atoms. The van der Waals surface area contributed by atoms with Gasteiger partial charge in [0.15, 0.2) is 11.6 Å². The molecule has 0 spiro atoms. The van der Waals surface area contributed by atoms with Gasteiger partial charge >= 0.3 is 0 Å². The Morgan fingerprint density at radius 2 is 1.82 bits per heavy atom. The van der Waals surface area contributed by atoms with Crippen molar-refractivity contribution in [3.05, 3.63) is 23.8 Å². The molecule has 2 aliphatic rings. The Morgan fingerprint density at radius 3 is 2.29 bits per heavy atom. The molecular formula is C13H16F2N2. The average molecular weight is 238 g/mol. The molecule has 4 heteroatoms. The molecule has 17 heavy (non-hydrogen) atoms. The first-order valence-corrected chi connectivity index (χ1v) is 6.09. The Balaban J connectivity index is 1.72. The van der Waals surface area contributed by atoms with E-state index < -0.39 is 11.6 Å². The second-order valence-electron chi connectivity index (χ2n) is 5.35. The number of benzene rings is 1. The summed E-state index contributed by atoms with van der Waals surface area (Å²) < 4.78 is 27.1. The average Bonchev–Trinajstić information content (AvgIpc) is 3.11. The molecule has 2 aliphatic carbocycles. The molecule has 1 aromatic carbocycles. The number of nitrogens with one attached hydrogen (secondary N) is 1. The van der Waals surface area contributed by atoms with Gasteiger partial charge in [0.1, 0.15) is 5.69 Å². The van der Waals surface area contributed by atoms with E-state index in [1.807, 2.05) is 0 Å². The Labute approximate surface area is 99.2 Å². The summed E-state index contributed by atoms with van der Waals surface area (Å²) in [6.07, 6.45) is 4.91. The Morgan fingerprint density at radius 1 is 1.24 bits per heavy atom. The number of rotatable bonds is 4. The van der Waals surface area contributed by atoms with Gasteiger partial charge in [-0.3, -0.25) is 0 Å².